The van der Waals surface area contributed by atoms with E-state index in [9.17, 15) is 9.59 Å². The van der Waals surface area contributed by atoms with Crippen molar-refractivity contribution in [2.24, 2.45) is 0 Å². The summed E-state index contributed by atoms with van der Waals surface area (Å²) < 4.78 is 7.74. The van der Waals surface area contributed by atoms with Gasteiger partial charge in [0.2, 0.25) is 5.91 Å². The second-order valence-electron chi connectivity index (χ2n) is 7.06. The lowest BCUT2D eigenvalue weighted by molar-refractivity contribution is -0.120. The number of carbonyl (C=O) groups excluding carboxylic acids is 2. The summed E-state index contributed by atoms with van der Waals surface area (Å²) in [5, 5.41) is 10.1. The number of hydrogen-bond donors (Lipinski definition) is 2. The number of aromatic nitrogens is 3. The lowest BCUT2D eigenvalue weighted by Gasteiger charge is -2.22. The van der Waals surface area contributed by atoms with Gasteiger partial charge in [0.25, 0.3) is 5.91 Å². The molecule has 2 N–H and O–H groups in total. The molecule has 1 aliphatic heterocycles. The van der Waals surface area contributed by atoms with Crippen LogP contribution >= 0.6 is 0 Å². The smallest absolute Gasteiger partial charge is 0.253 e. The van der Waals surface area contributed by atoms with Crippen molar-refractivity contribution in [3.63, 3.8) is 0 Å². The SMILES string of the molecule is O=C(CNC(=O)c1cccnc1)NCC1OCCc2cn(Cc3ccccc3)nc21. The van der Waals surface area contributed by atoms with Gasteiger partial charge in [0.05, 0.1) is 31.0 Å². The van der Waals surface area contributed by atoms with Crippen molar-refractivity contribution in [1.82, 2.24) is 25.4 Å². The zero-order valence-corrected chi connectivity index (χ0v) is 16.5. The average Bonchev–Trinajstić information content (AvgIpc) is 3.20. The van der Waals surface area contributed by atoms with Crippen molar-refractivity contribution >= 4 is 11.8 Å². The maximum atomic E-state index is 12.2. The molecule has 0 spiro atoms. The first-order chi connectivity index (χ1) is 14.7. The van der Waals surface area contributed by atoms with Gasteiger partial charge in [-0.1, -0.05) is 30.3 Å². The summed E-state index contributed by atoms with van der Waals surface area (Å²) in [5.74, 6) is -0.624. The summed E-state index contributed by atoms with van der Waals surface area (Å²) in [6.07, 6.45) is 5.59. The fraction of sp³-hybridized carbons (Fsp3) is 0.273. The number of benzene rings is 1. The fourth-order valence-corrected chi connectivity index (χ4v) is 3.37. The summed E-state index contributed by atoms with van der Waals surface area (Å²) in [6.45, 7) is 1.46. The molecular formula is C22H23N5O3. The number of hydrogen-bond acceptors (Lipinski definition) is 5. The Hall–Kier alpha value is -3.52. The topological polar surface area (TPSA) is 98.1 Å². The Labute approximate surface area is 174 Å². The minimum atomic E-state index is -0.339. The van der Waals surface area contributed by atoms with Crippen LogP contribution in [0.4, 0.5) is 0 Å². The Morgan fingerprint density at radius 2 is 2.00 bits per heavy atom. The van der Waals surface area contributed by atoms with E-state index in [1.165, 1.54) is 11.8 Å². The van der Waals surface area contributed by atoms with E-state index < -0.39 is 0 Å². The van der Waals surface area contributed by atoms with Gasteiger partial charge in [0, 0.05) is 25.1 Å². The van der Waals surface area contributed by atoms with E-state index in [0.717, 1.165) is 17.7 Å². The molecule has 0 radical (unpaired) electrons. The summed E-state index contributed by atoms with van der Waals surface area (Å²) in [6, 6.07) is 13.4. The molecule has 1 aromatic carbocycles. The highest BCUT2D eigenvalue weighted by atomic mass is 16.5. The molecule has 154 valence electrons. The molecule has 0 fully saturated rings. The van der Waals surface area contributed by atoms with E-state index in [1.54, 1.807) is 18.3 Å². The van der Waals surface area contributed by atoms with Gasteiger partial charge < -0.3 is 15.4 Å². The molecule has 4 rings (SSSR count). The lowest BCUT2D eigenvalue weighted by Crippen LogP contribution is -2.39. The fourth-order valence-electron chi connectivity index (χ4n) is 3.37. The summed E-state index contributed by atoms with van der Waals surface area (Å²) in [7, 11) is 0. The van der Waals surface area contributed by atoms with Crippen LogP contribution in [0.25, 0.3) is 0 Å². The molecule has 2 aromatic heterocycles. The highest BCUT2D eigenvalue weighted by Crippen LogP contribution is 2.25. The van der Waals surface area contributed by atoms with Gasteiger partial charge in [-0.2, -0.15) is 5.10 Å². The Morgan fingerprint density at radius 1 is 1.13 bits per heavy atom. The molecule has 1 unspecified atom stereocenters. The van der Waals surface area contributed by atoms with Crippen molar-refractivity contribution in [2.45, 2.75) is 19.1 Å². The second kappa shape index (κ2) is 9.32. The first kappa shape index (κ1) is 19.8. The molecule has 30 heavy (non-hydrogen) atoms. The number of ether oxygens (including phenoxy) is 1. The van der Waals surface area contributed by atoms with Crippen molar-refractivity contribution in [1.29, 1.82) is 0 Å². The number of rotatable bonds is 7. The van der Waals surface area contributed by atoms with E-state index in [2.05, 4.69) is 32.8 Å². The van der Waals surface area contributed by atoms with Gasteiger partial charge in [-0.25, -0.2) is 0 Å². The van der Waals surface area contributed by atoms with Crippen LogP contribution in [0.15, 0.2) is 61.1 Å². The highest BCUT2D eigenvalue weighted by molar-refractivity contribution is 5.96. The van der Waals surface area contributed by atoms with Crippen LogP contribution in [0.5, 0.6) is 0 Å². The third kappa shape index (κ3) is 4.90. The number of nitrogens with one attached hydrogen (secondary N) is 2. The van der Waals surface area contributed by atoms with Crippen molar-refractivity contribution in [3.8, 4) is 0 Å². The number of nitrogens with zero attached hydrogens (tertiary/aromatic N) is 3. The molecule has 0 aliphatic carbocycles. The maximum absolute atomic E-state index is 12.2. The van der Waals surface area contributed by atoms with Crippen LogP contribution in [0, 0.1) is 0 Å². The van der Waals surface area contributed by atoms with Crippen LogP contribution < -0.4 is 10.6 Å². The van der Waals surface area contributed by atoms with E-state index in [1.807, 2.05) is 29.1 Å². The van der Waals surface area contributed by atoms with Gasteiger partial charge in [0.1, 0.15) is 6.10 Å². The molecule has 0 saturated heterocycles. The van der Waals surface area contributed by atoms with Gasteiger partial charge >= 0.3 is 0 Å². The molecule has 0 saturated carbocycles. The van der Waals surface area contributed by atoms with Crippen LogP contribution in [0.2, 0.25) is 0 Å². The molecule has 3 aromatic rings. The number of pyridine rings is 1. The normalized spacial score (nSPS) is 15.3. The Bertz CT molecular complexity index is 1000. The Kier molecular flexibility index (Phi) is 6.14. The predicted octanol–water partition coefficient (Wildman–Crippen LogP) is 1.49. The Balaban J connectivity index is 1.30. The first-order valence-electron chi connectivity index (χ1n) is 9.86. The third-order valence-corrected chi connectivity index (χ3v) is 4.87. The van der Waals surface area contributed by atoms with Crippen molar-refractivity contribution < 1.29 is 14.3 Å². The van der Waals surface area contributed by atoms with Gasteiger partial charge in [0.15, 0.2) is 0 Å². The minimum absolute atomic E-state index is 0.115. The Morgan fingerprint density at radius 3 is 2.80 bits per heavy atom. The summed E-state index contributed by atoms with van der Waals surface area (Å²) in [5.41, 5.74) is 3.58. The first-order valence-corrected chi connectivity index (χ1v) is 9.86. The van der Waals surface area contributed by atoms with Crippen LogP contribution in [0.1, 0.15) is 33.3 Å². The van der Waals surface area contributed by atoms with E-state index in [4.69, 9.17) is 4.74 Å². The largest absolute Gasteiger partial charge is 0.370 e. The number of carbonyl (C=O) groups is 2. The lowest BCUT2D eigenvalue weighted by atomic mass is 10.1. The third-order valence-electron chi connectivity index (χ3n) is 4.87. The van der Waals surface area contributed by atoms with Crippen LogP contribution in [-0.2, 0) is 22.5 Å². The molecule has 0 bridgehead atoms. The maximum Gasteiger partial charge on any atom is 0.253 e. The van der Waals surface area contributed by atoms with Crippen LogP contribution in [0.3, 0.4) is 0 Å². The monoisotopic (exact) mass is 405 g/mol. The zero-order valence-electron chi connectivity index (χ0n) is 16.5. The summed E-state index contributed by atoms with van der Waals surface area (Å²) in [4.78, 5) is 28.1. The molecule has 1 atom stereocenters. The molecule has 8 heteroatoms. The quantitative estimate of drug-likeness (QED) is 0.621. The summed E-state index contributed by atoms with van der Waals surface area (Å²) >= 11 is 0. The van der Waals surface area contributed by atoms with E-state index in [0.29, 0.717) is 25.3 Å². The molecule has 3 heterocycles. The second-order valence-corrected chi connectivity index (χ2v) is 7.06. The van der Waals surface area contributed by atoms with Gasteiger partial charge in [-0.05, 0) is 29.7 Å². The highest BCUT2D eigenvalue weighted by Gasteiger charge is 2.25. The van der Waals surface area contributed by atoms with Crippen molar-refractivity contribution in [2.75, 3.05) is 19.7 Å². The van der Waals surface area contributed by atoms with Gasteiger partial charge in [-0.15, -0.1) is 0 Å². The van der Waals surface area contributed by atoms with E-state index in [-0.39, 0.29) is 24.5 Å². The molecule has 2 amide bonds. The van der Waals surface area contributed by atoms with E-state index >= 15 is 0 Å². The standard InChI is InChI=1S/C22H23N5O3/c28-20(13-25-22(29)17-7-4-9-23-11-17)24-12-19-21-18(8-10-30-19)15-27(26-21)14-16-5-2-1-3-6-16/h1-7,9,11,15,19H,8,10,12-14H2,(H,24,28)(H,25,29). The van der Waals surface area contributed by atoms with Gasteiger partial charge in [-0.3, -0.25) is 19.3 Å². The molecule has 1 aliphatic rings. The minimum Gasteiger partial charge on any atom is -0.370 e. The predicted molar refractivity (Wildman–Crippen MR) is 110 cm³/mol. The average molecular weight is 405 g/mol. The number of amides is 2. The zero-order chi connectivity index (χ0) is 20.8. The molecular weight excluding hydrogens is 382 g/mol. The molecule has 8 nitrogen and oxygen atoms in total. The van der Waals surface area contributed by atoms with Crippen LogP contribution in [-0.4, -0.2) is 46.3 Å². The number of fused-ring (bicyclic) bond motifs is 1. The van der Waals surface area contributed by atoms with Crippen molar-refractivity contribution in [3.05, 3.63) is 83.4 Å².